The van der Waals surface area contributed by atoms with Crippen LogP contribution in [-0.4, -0.2) is 6.04 Å². The molecule has 1 fully saturated rings. The molecule has 0 bridgehead atoms. The highest BCUT2D eigenvalue weighted by atomic mass is 32.1. The van der Waals surface area contributed by atoms with Gasteiger partial charge in [-0.2, -0.15) is 0 Å². The number of thiophene rings is 1. The predicted octanol–water partition coefficient (Wildman–Crippen LogP) is 2.73. The fourth-order valence-electron chi connectivity index (χ4n) is 1.72. The molecule has 0 amide bonds. The summed E-state index contributed by atoms with van der Waals surface area (Å²) in [6.45, 7) is 2.19. The van der Waals surface area contributed by atoms with E-state index in [-0.39, 0.29) is 0 Å². The number of hydrogen-bond acceptors (Lipinski definition) is 2. The number of aryl methyl sites for hydroxylation is 2. The zero-order valence-corrected chi connectivity index (χ0v) is 8.94. The topological polar surface area (TPSA) is 26.0 Å². The van der Waals surface area contributed by atoms with Crippen molar-refractivity contribution in [2.45, 2.75) is 38.6 Å². The number of hydrogen-bond donors (Lipinski definition) is 1. The molecule has 1 unspecified atom stereocenters. The minimum Gasteiger partial charge on any atom is -0.327 e. The molecule has 2 rings (SSSR count). The zero-order valence-electron chi connectivity index (χ0n) is 8.12. The van der Waals surface area contributed by atoms with E-state index in [1.165, 1.54) is 36.1 Å². The maximum absolute atomic E-state index is 6.05. The first kappa shape index (κ1) is 9.22. The second-order valence-electron chi connectivity index (χ2n) is 4.07. The molecule has 0 radical (unpaired) electrons. The SMILES string of the molecule is Cc1ccsc1CCC(N)C1CC1. The van der Waals surface area contributed by atoms with Crippen LogP contribution in [0.1, 0.15) is 29.7 Å². The molecule has 1 saturated carbocycles. The summed E-state index contributed by atoms with van der Waals surface area (Å²) in [4.78, 5) is 1.52. The summed E-state index contributed by atoms with van der Waals surface area (Å²) in [5, 5.41) is 2.17. The maximum atomic E-state index is 6.05. The molecule has 1 aromatic rings. The van der Waals surface area contributed by atoms with Gasteiger partial charge in [-0.25, -0.2) is 0 Å². The third kappa shape index (κ3) is 2.32. The lowest BCUT2D eigenvalue weighted by molar-refractivity contribution is 0.552. The van der Waals surface area contributed by atoms with Gasteiger partial charge in [0.2, 0.25) is 0 Å². The van der Waals surface area contributed by atoms with Crippen LogP contribution in [0.25, 0.3) is 0 Å². The molecular formula is C11H17NS. The summed E-state index contributed by atoms with van der Waals surface area (Å²) in [5.74, 6) is 0.847. The highest BCUT2D eigenvalue weighted by molar-refractivity contribution is 7.10. The summed E-state index contributed by atoms with van der Waals surface area (Å²) in [6, 6.07) is 2.66. The predicted molar refractivity (Wildman–Crippen MR) is 58.1 cm³/mol. The summed E-state index contributed by atoms with van der Waals surface area (Å²) in [6.07, 6.45) is 5.09. The second kappa shape index (κ2) is 3.81. The van der Waals surface area contributed by atoms with Crippen LogP contribution in [0.3, 0.4) is 0 Å². The van der Waals surface area contributed by atoms with Crippen molar-refractivity contribution in [3.63, 3.8) is 0 Å². The minimum absolute atomic E-state index is 0.460. The van der Waals surface area contributed by atoms with E-state index < -0.39 is 0 Å². The highest BCUT2D eigenvalue weighted by Crippen LogP contribution is 2.33. The van der Waals surface area contributed by atoms with Gasteiger partial charge in [0, 0.05) is 10.9 Å². The molecule has 1 aliphatic carbocycles. The summed E-state index contributed by atoms with van der Waals surface area (Å²) >= 11 is 1.87. The lowest BCUT2D eigenvalue weighted by Gasteiger charge is -2.08. The Balaban J connectivity index is 1.81. The summed E-state index contributed by atoms with van der Waals surface area (Å²) < 4.78 is 0. The third-order valence-electron chi connectivity index (χ3n) is 2.90. The van der Waals surface area contributed by atoms with Gasteiger partial charge < -0.3 is 5.73 Å². The van der Waals surface area contributed by atoms with Crippen LogP contribution in [0.15, 0.2) is 11.4 Å². The summed E-state index contributed by atoms with van der Waals surface area (Å²) in [7, 11) is 0. The molecule has 0 aliphatic heterocycles. The van der Waals surface area contributed by atoms with Gasteiger partial charge in [0.05, 0.1) is 0 Å². The smallest absolute Gasteiger partial charge is 0.00749 e. The van der Waals surface area contributed by atoms with Crippen molar-refractivity contribution in [1.29, 1.82) is 0 Å². The Kier molecular flexibility index (Phi) is 2.70. The molecule has 1 aliphatic rings. The van der Waals surface area contributed by atoms with E-state index in [1.54, 1.807) is 0 Å². The first-order valence-electron chi connectivity index (χ1n) is 5.06. The van der Waals surface area contributed by atoms with Crippen molar-refractivity contribution in [2.24, 2.45) is 11.7 Å². The van der Waals surface area contributed by atoms with Crippen LogP contribution in [-0.2, 0) is 6.42 Å². The molecule has 72 valence electrons. The van der Waals surface area contributed by atoms with E-state index >= 15 is 0 Å². The zero-order chi connectivity index (χ0) is 9.26. The van der Waals surface area contributed by atoms with Crippen LogP contribution in [0.4, 0.5) is 0 Å². The van der Waals surface area contributed by atoms with Crippen LogP contribution in [0, 0.1) is 12.8 Å². The number of rotatable bonds is 4. The van der Waals surface area contributed by atoms with E-state index in [0.29, 0.717) is 6.04 Å². The molecule has 1 aromatic heterocycles. The molecule has 13 heavy (non-hydrogen) atoms. The van der Waals surface area contributed by atoms with Gasteiger partial charge in [-0.3, -0.25) is 0 Å². The minimum atomic E-state index is 0.460. The van der Waals surface area contributed by atoms with Gasteiger partial charge in [-0.1, -0.05) is 0 Å². The monoisotopic (exact) mass is 195 g/mol. The Morgan fingerprint density at radius 3 is 2.92 bits per heavy atom. The Hall–Kier alpha value is -0.340. The fraction of sp³-hybridized carbons (Fsp3) is 0.636. The van der Waals surface area contributed by atoms with Crippen molar-refractivity contribution >= 4 is 11.3 Å². The van der Waals surface area contributed by atoms with Crippen LogP contribution >= 0.6 is 11.3 Å². The van der Waals surface area contributed by atoms with Crippen molar-refractivity contribution in [3.8, 4) is 0 Å². The quantitative estimate of drug-likeness (QED) is 0.785. The Bertz CT molecular complexity index is 275. The highest BCUT2D eigenvalue weighted by Gasteiger charge is 2.27. The molecule has 2 N–H and O–H groups in total. The molecule has 1 atom stereocenters. The molecule has 0 saturated heterocycles. The van der Waals surface area contributed by atoms with E-state index in [0.717, 1.165) is 5.92 Å². The summed E-state index contributed by atoms with van der Waals surface area (Å²) in [5.41, 5.74) is 7.49. The van der Waals surface area contributed by atoms with E-state index in [9.17, 15) is 0 Å². The Morgan fingerprint density at radius 2 is 2.38 bits per heavy atom. The number of nitrogens with two attached hydrogens (primary N) is 1. The van der Waals surface area contributed by atoms with Crippen molar-refractivity contribution in [1.82, 2.24) is 0 Å². The van der Waals surface area contributed by atoms with Gasteiger partial charge in [0.1, 0.15) is 0 Å². The lowest BCUT2D eigenvalue weighted by atomic mass is 10.1. The molecule has 0 aromatic carbocycles. The van der Waals surface area contributed by atoms with Crippen molar-refractivity contribution < 1.29 is 0 Å². The average molecular weight is 195 g/mol. The standard InChI is InChI=1S/C11H17NS/c1-8-6-7-13-11(8)5-4-10(12)9-2-3-9/h6-7,9-10H,2-5,12H2,1H3. The van der Waals surface area contributed by atoms with E-state index in [1.807, 2.05) is 11.3 Å². The van der Waals surface area contributed by atoms with Crippen molar-refractivity contribution in [2.75, 3.05) is 0 Å². The average Bonchev–Trinajstić information content (AvgIpc) is 2.88. The van der Waals surface area contributed by atoms with E-state index in [4.69, 9.17) is 5.73 Å². The van der Waals surface area contributed by atoms with Crippen molar-refractivity contribution in [3.05, 3.63) is 21.9 Å². The first-order chi connectivity index (χ1) is 6.27. The molecule has 2 heteroatoms. The van der Waals surface area contributed by atoms with Gasteiger partial charge >= 0.3 is 0 Å². The second-order valence-corrected chi connectivity index (χ2v) is 5.07. The van der Waals surface area contributed by atoms with E-state index in [2.05, 4.69) is 18.4 Å². The van der Waals surface area contributed by atoms with Crippen LogP contribution in [0.5, 0.6) is 0 Å². The van der Waals surface area contributed by atoms with Gasteiger partial charge in [0.15, 0.2) is 0 Å². The third-order valence-corrected chi connectivity index (χ3v) is 3.98. The maximum Gasteiger partial charge on any atom is 0.00749 e. The van der Waals surface area contributed by atoms with Gasteiger partial charge in [0.25, 0.3) is 0 Å². The first-order valence-corrected chi connectivity index (χ1v) is 5.94. The van der Waals surface area contributed by atoms with Gasteiger partial charge in [-0.15, -0.1) is 11.3 Å². The Labute approximate surface area is 84.0 Å². The molecule has 1 nitrogen and oxygen atoms in total. The fourth-order valence-corrected chi connectivity index (χ4v) is 2.64. The van der Waals surface area contributed by atoms with Gasteiger partial charge in [-0.05, 0) is 55.5 Å². The lowest BCUT2D eigenvalue weighted by Crippen LogP contribution is -2.22. The molecule has 0 spiro atoms. The van der Waals surface area contributed by atoms with Crippen LogP contribution < -0.4 is 5.73 Å². The molecule has 1 heterocycles. The van der Waals surface area contributed by atoms with Crippen LogP contribution in [0.2, 0.25) is 0 Å². The Morgan fingerprint density at radius 1 is 1.62 bits per heavy atom. The molecular weight excluding hydrogens is 178 g/mol. The largest absolute Gasteiger partial charge is 0.327 e. The normalized spacial score (nSPS) is 18.9.